The lowest BCUT2D eigenvalue weighted by molar-refractivity contribution is -0.861. The minimum Gasteiger partial charge on any atom is -0.524 e. The van der Waals surface area contributed by atoms with Crippen molar-refractivity contribution in [2.75, 3.05) is 13.7 Å². The third-order valence-electron chi connectivity index (χ3n) is 4.80. The summed E-state index contributed by atoms with van der Waals surface area (Å²) in [6.07, 6.45) is 1.45. The summed E-state index contributed by atoms with van der Waals surface area (Å²) in [5.41, 5.74) is 1.49. The number of nitrogens with zero attached hydrogens (tertiary/aromatic N) is 1. The monoisotopic (exact) mass is 263 g/mol. The van der Waals surface area contributed by atoms with E-state index in [1.165, 1.54) is 7.11 Å². The predicted octanol–water partition coefficient (Wildman–Crippen LogP) is -0.517. The molecule has 2 aliphatic heterocycles. The van der Waals surface area contributed by atoms with Crippen LogP contribution in [0.1, 0.15) is 18.4 Å². The third kappa shape index (κ3) is 1.51. The maximum absolute atomic E-state index is 12.0. The van der Waals surface area contributed by atoms with Gasteiger partial charge >= 0.3 is 12.7 Å². The van der Waals surface area contributed by atoms with E-state index >= 15 is 0 Å². The van der Waals surface area contributed by atoms with Gasteiger partial charge in [0.15, 0.2) is 6.04 Å². The molecule has 2 heterocycles. The largest absolute Gasteiger partial charge is 0.524 e. The molecule has 1 saturated heterocycles. The Morgan fingerprint density at radius 1 is 1.42 bits per heavy atom. The first-order chi connectivity index (χ1) is 9.03. The molecule has 19 heavy (non-hydrogen) atoms. The van der Waals surface area contributed by atoms with Crippen LogP contribution in [0.15, 0.2) is 24.3 Å². The van der Waals surface area contributed by atoms with Crippen molar-refractivity contribution in [1.29, 1.82) is 0 Å². The number of esters is 1. The van der Waals surface area contributed by atoms with Crippen LogP contribution >= 0.6 is 0 Å². The van der Waals surface area contributed by atoms with E-state index < -0.39 is 12.7 Å². The summed E-state index contributed by atoms with van der Waals surface area (Å²) in [6, 6.07) is 6.85. The Balaban J connectivity index is 2.09. The molecule has 0 unspecified atom stereocenters. The zero-order valence-corrected chi connectivity index (χ0v) is 11.0. The van der Waals surface area contributed by atoms with Gasteiger partial charge in [-0.05, 0) is 12.0 Å². The Morgan fingerprint density at radius 3 is 2.84 bits per heavy atom. The lowest BCUT2D eigenvalue weighted by Crippen LogP contribution is -2.73. The quantitative estimate of drug-likeness (QED) is 0.528. The minimum atomic E-state index is -2.76. The first-order valence-corrected chi connectivity index (χ1v) is 6.65. The fourth-order valence-electron chi connectivity index (χ4n) is 3.85. The van der Waals surface area contributed by atoms with Crippen LogP contribution < -0.4 is 5.46 Å². The predicted molar refractivity (Wildman–Crippen MR) is 70.1 cm³/mol. The zero-order chi connectivity index (χ0) is 13.7. The van der Waals surface area contributed by atoms with Gasteiger partial charge in [0, 0.05) is 13.0 Å². The molecule has 6 heteroatoms. The number of benzene rings is 1. The minimum absolute atomic E-state index is 0.0199. The van der Waals surface area contributed by atoms with Gasteiger partial charge in [-0.3, -0.25) is 0 Å². The van der Waals surface area contributed by atoms with E-state index in [1.54, 1.807) is 12.1 Å². The summed E-state index contributed by atoms with van der Waals surface area (Å²) in [5, 5.41) is 21.4. The highest BCUT2D eigenvalue weighted by molar-refractivity contribution is 6.73. The van der Waals surface area contributed by atoms with Crippen LogP contribution in [0.4, 0.5) is 0 Å². The second kappa shape index (κ2) is 4.06. The number of hydrogen-bond donors (Lipinski definition) is 2. The molecule has 1 aromatic carbocycles. The van der Waals surface area contributed by atoms with E-state index in [9.17, 15) is 14.8 Å². The van der Waals surface area contributed by atoms with Crippen molar-refractivity contribution in [3.05, 3.63) is 29.8 Å². The van der Waals surface area contributed by atoms with Gasteiger partial charge in [0.25, 0.3) is 0 Å². The number of hydrogen-bond acceptors (Lipinski definition) is 4. The highest BCUT2D eigenvalue weighted by Crippen LogP contribution is 2.39. The van der Waals surface area contributed by atoms with Crippen LogP contribution in [0.2, 0.25) is 0 Å². The molecule has 0 aliphatic carbocycles. The molecule has 0 radical (unpaired) electrons. The van der Waals surface area contributed by atoms with Gasteiger partial charge < -0.3 is 19.2 Å². The molecule has 5 nitrogen and oxygen atoms in total. The molecule has 2 aliphatic rings. The van der Waals surface area contributed by atoms with Crippen molar-refractivity contribution in [3.63, 3.8) is 0 Å². The van der Waals surface area contributed by atoms with E-state index in [-0.39, 0.29) is 10.4 Å². The van der Waals surface area contributed by atoms with Crippen molar-refractivity contribution < 1.29 is 24.0 Å². The first kappa shape index (κ1) is 12.7. The molecule has 0 aromatic heterocycles. The van der Waals surface area contributed by atoms with Crippen molar-refractivity contribution >= 4 is 18.1 Å². The smallest absolute Gasteiger partial charge is 0.499 e. The van der Waals surface area contributed by atoms with Gasteiger partial charge in [0.2, 0.25) is 0 Å². The lowest BCUT2D eigenvalue weighted by Gasteiger charge is -2.49. The molecule has 3 rings (SSSR count). The van der Waals surface area contributed by atoms with Gasteiger partial charge in [-0.25, -0.2) is 4.79 Å². The standard InChI is InChI=1S/C13H18BNO4/c1-19-13(16)12-7-4-8-15(12)9-10-5-2-3-6-11(10)14(15,17)18/h2-3,5-6,12,17-18H,4,7-9H2,1H3/t12-,15-/m0/s1. The maximum atomic E-state index is 12.0. The zero-order valence-electron chi connectivity index (χ0n) is 11.0. The molecule has 0 saturated carbocycles. The second-order valence-electron chi connectivity index (χ2n) is 5.60. The van der Waals surface area contributed by atoms with Crippen LogP contribution in [-0.4, -0.2) is 46.8 Å². The molecule has 1 fully saturated rings. The summed E-state index contributed by atoms with van der Waals surface area (Å²) in [7, 11) is 1.35. The Bertz CT molecular complexity index is 533. The van der Waals surface area contributed by atoms with Crippen molar-refractivity contribution in [2.24, 2.45) is 0 Å². The topological polar surface area (TPSA) is 66.8 Å². The van der Waals surface area contributed by atoms with Gasteiger partial charge in [0.05, 0.1) is 13.7 Å². The number of methoxy groups -OCH3 is 1. The van der Waals surface area contributed by atoms with Gasteiger partial charge in [-0.1, -0.05) is 29.7 Å². The molecule has 102 valence electrons. The Kier molecular flexibility index (Phi) is 2.71. The molecule has 0 bridgehead atoms. The van der Waals surface area contributed by atoms with Gasteiger partial charge in [-0.2, -0.15) is 0 Å². The second-order valence-corrected chi connectivity index (χ2v) is 5.60. The number of rotatable bonds is 1. The van der Waals surface area contributed by atoms with E-state index in [0.717, 1.165) is 12.0 Å². The Hall–Kier alpha value is -1.37. The van der Waals surface area contributed by atoms with Crippen LogP contribution in [-0.2, 0) is 16.1 Å². The van der Waals surface area contributed by atoms with Gasteiger partial charge in [-0.15, -0.1) is 0 Å². The van der Waals surface area contributed by atoms with E-state index in [1.807, 2.05) is 12.1 Å². The fourth-order valence-corrected chi connectivity index (χ4v) is 3.85. The SMILES string of the molecule is COC(=O)[C@@H]1CCC[N@+]12Cc1ccccc1[B-]2(O)O. The summed E-state index contributed by atoms with van der Waals surface area (Å²) in [5.74, 6) is -0.348. The molecule has 2 atom stereocenters. The highest BCUT2D eigenvalue weighted by Gasteiger charge is 2.60. The van der Waals surface area contributed by atoms with Crippen molar-refractivity contribution in [3.8, 4) is 0 Å². The Morgan fingerprint density at radius 2 is 2.16 bits per heavy atom. The molecule has 0 amide bonds. The summed E-state index contributed by atoms with van der Waals surface area (Å²) in [6.45, 7) is -1.67. The molecule has 2 N–H and O–H groups in total. The molecular formula is C13H18BNO4. The van der Waals surface area contributed by atoms with E-state index in [2.05, 4.69) is 0 Å². The highest BCUT2D eigenvalue weighted by atomic mass is 16.5. The van der Waals surface area contributed by atoms with Crippen molar-refractivity contribution in [1.82, 2.24) is 0 Å². The normalized spacial score (nSPS) is 31.4. The Labute approximate surface area is 112 Å². The summed E-state index contributed by atoms with van der Waals surface area (Å²) >= 11 is 0. The van der Waals surface area contributed by atoms with Crippen molar-refractivity contribution in [2.45, 2.75) is 25.4 Å². The number of carbonyl (C=O) groups excluding carboxylic acids is 1. The third-order valence-corrected chi connectivity index (χ3v) is 4.80. The first-order valence-electron chi connectivity index (χ1n) is 6.65. The number of carbonyl (C=O) groups is 1. The molecule has 1 spiro atoms. The maximum Gasteiger partial charge on any atom is 0.499 e. The molecule has 1 aromatic rings. The average Bonchev–Trinajstić information content (AvgIpc) is 2.92. The average molecular weight is 263 g/mol. The van der Waals surface area contributed by atoms with Crippen LogP contribution in [0.5, 0.6) is 0 Å². The van der Waals surface area contributed by atoms with E-state index in [0.29, 0.717) is 25.0 Å². The summed E-state index contributed by atoms with van der Waals surface area (Å²) in [4.78, 5) is 12.0. The van der Waals surface area contributed by atoms with Crippen LogP contribution in [0.3, 0.4) is 0 Å². The number of quaternary nitrogens is 1. The van der Waals surface area contributed by atoms with Crippen LogP contribution in [0, 0.1) is 0 Å². The van der Waals surface area contributed by atoms with Crippen LogP contribution in [0.25, 0.3) is 0 Å². The fraction of sp³-hybridized carbons (Fsp3) is 0.462. The summed E-state index contributed by atoms with van der Waals surface area (Å²) < 4.78 is 4.87. The van der Waals surface area contributed by atoms with Gasteiger partial charge in [0.1, 0.15) is 0 Å². The molecular weight excluding hydrogens is 245 g/mol. The number of ether oxygens (including phenoxy) is 1. The number of fused-ring (bicyclic) bond motifs is 1. The van der Waals surface area contributed by atoms with E-state index in [4.69, 9.17) is 4.74 Å². The lowest BCUT2D eigenvalue weighted by atomic mass is 9.62.